The monoisotopic (exact) mass is 435 g/mol. The molecule has 0 unspecified atom stereocenters. The lowest BCUT2D eigenvalue weighted by Crippen LogP contribution is -2.26. The number of nitro groups is 1. The van der Waals surface area contributed by atoms with Crippen molar-refractivity contribution < 1.29 is 4.92 Å². The minimum atomic E-state index is -0.582. The predicted molar refractivity (Wildman–Crippen MR) is 122 cm³/mol. The zero-order valence-electron chi connectivity index (χ0n) is 16.4. The molecule has 0 fully saturated rings. The normalized spacial score (nSPS) is 11.9. The molecular formula is C22H18ClN5O3. The van der Waals surface area contributed by atoms with Crippen LogP contribution in [-0.2, 0) is 0 Å². The fourth-order valence-electron chi connectivity index (χ4n) is 3.55. The highest BCUT2D eigenvalue weighted by Crippen LogP contribution is 2.32. The molecule has 4 aromatic rings. The molecule has 0 saturated carbocycles. The van der Waals surface area contributed by atoms with Crippen LogP contribution < -0.4 is 16.6 Å². The summed E-state index contributed by atoms with van der Waals surface area (Å²) in [7, 11) is 0. The molecular weight excluding hydrogens is 418 g/mol. The Morgan fingerprint density at radius 3 is 2.61 bits per heavy atom. The van der Waals surface area contributed by atoms with E-state index in [0.717, 1.165) is 0 Å². The number of nitrogens with two attached hydrogens (primary N) is 1. The topological polar surface area (TPSA) is 116 Å². The highest BCUT2D eigenvalue weighted by atomic mass is 35.5. The number of para-hydroxylation sites is 1. The summed E-state index contributed by atoms with van der Waals surface area (Å²) in [6.07, 6.45) is 1.39. The van der Waals surface area contributed by atoms with Crippen LogP contribution in [0.5, 0.6) is 0 Å². The van der Waals surface area contributed by atoms with Gasteiger partial charge in [0.2, 0.25) is 5.82 Å². The number of hydrogen-bond acceptors (Lipinski definition) is 6. The Morgan fingerprint density at radius 1 is 1.16 bits per heavy atom. The number of nitrogen functional groups attached to an aromatic ring is 1. The van der Waals surface area contributed by atoms with E-state index in [9.17, 15) is 14.9 Å². The molecule has 8 nitrogen and oxygen atoms in total. The molecule has 4 rings (SSSR count). The molecule has 2 heterocycles. The second-order valence-corrected chi connectivity index (χ2v) is 7.38. The Morgan fingerprint density at radius 2 is 1.90 bits per heavy atom. The largest absolute Gasteiger partial charge is 0.393 e. The van der Waals surface area contributed by atoms with Crippen molar-refractivity contribution in [2.45, 2.75) is 13.0 Å². The first kappa shape index (κ1) is 20.4. The van der Waals surface area contributed by atoms with Gasteiger partial charge in [-0.05, 0) is 42.6 Å². The number of nitrogens with zero attached hydrogens (tertiary/aromatic N) is 3. The Hall–Kier alpha value is -3.91. The molecule has 0 bridgehead atoms. The lowest BCUT2D eigenvalue weighted by atomic mass is 10.1. The maximum absolute atomic E-state index is 13.5. The van der Waals surface area contributed by atoms with Gasteiger partial charge in [0.25, 0.3) is 5.56 Å². The van der Waals surface area contributed by atoms with E-state index in [-0.39, 0.29) is 22.8 Å². The van der Waals surface area contributed by atoms with Crippen molar-refractivity contribution in [2.75, 3.05) is 11.1 Å². The summed E-state index contributed by atoms with van der Waals surface area (Å²) in [5.74, 6) is 0.0238. The number of anilines is 2. The van der Waals surface area contributed by atoms with Crippen LogP contribution in [0.2, 0.25) is 5.02 Å². The van der Waals surface area contributed by atoms with Gasteiger partial charge in [0.15, 0.2) is 0 Å². The lowest BCUT2D eigenvalue weighted by Gasteiger charge is -2.21. The number of pyridine rings is 2. The SMILES string of the molecule is C[C@H](Nc1nccc(N)c1[N+](=O)[O-])c1cc2cccc(Cl)c2c(=O)n1-c1ccccc1. The average molecular weight is 436 g/mol. The summed E-state index contributed by atoms with van der Waals surface area (Å²) < 4.78 is 1.55. The van der Waals surface area contributed by atoms with Crippen molar-refractivity contribution in [3.05, 3.63) is 98.0 Å². The number of rotatable bonds is 5. The number of halogens is 1. The van der Waals surface area contributed by atoms with Gasteiger partial charge < -0.3 is 11.1 Å². The fraction of sp³-hybridized carbons (Fsp3) is 0.0909. The number of aromatic nitrogens is 2. The molecule has 0 amide bonds. The molecule has 31 heavy (non-hydrogen) atoms. The summed E-state index contributed by atoms with van der Waals surface area (Å²) in [6.45, 7) is 1.79. The van der Waals surface area contributed by atoms with Gasteiger partial charge in [-0.25, -0.2) is 4.98 Å². The van der Waals surface area contributed by atoms with Crippen LogP contribution >= 0.6 is 11.6 Å². The highest BCUT2D eigenvalue weighted by Gasteiger charge is 2.23. The zero-order valence-corrected chi connectivity index (χ0v) is 17.2. The second kappa shape index (κ2) is 8.08. The molecule has 0 saturated heterocycles. The van der Waals surface area contributed by atoms with Crippen molar-refractivity contribution in [3.63, 3.8) is 0 Å². The average Bonchev–Trinajstić information content (AvgIpc) is 2.74. The summed E-state index contributed by atoms with van der Waals surface area (Å²) in [6, 6.07) is 17.0. The van der Waals surface area contributed by atoms with Gasteiger partial charge >= 0.3 is 5.69 Å². The molecule has 2 aromatic heterocycles. The van der Waals surface area contributed by atoms with Gasteiger partial charge in [-0.2, -0.15) is 0 Å². The predicted octanol–water partition coefficient (Wildman–Crippen LogP) is 4.70. The van der Waals surface area contributed by atoms with E-state index >= 15 is 0 Å². The van der Waals surface area contributed by atoms with Crippen molar-refractivity contribution in [2.24, 2.45) is 0 Å². The second-order valence-electron chi connectivity index (χ2n) is 6.97. The van der Waals surface area contributed by atoms with Crippen molar-refractivity contribution >= 4 is 39.6 Å². The van der Waals surface area contributed by atoms with Crippen LogP contribution in [0.25, 0.3) is 16.5 Å². The standard InChI is InChI=1S/C22H18ClN5O3/c1-13(26-21-20(28(30)31)17(24)10-11-25-21)18-12-14-6-5-9-16(23)19(14)22(29)27(18)15-7-3-2-4-8-15/h2-13H,1H3,(H3,24,25,26)/t13-/m0/s1. The van der Waals surface area contributed by atoms with Crippen molar-refractivity contribution in [1.29, 1.82) is 0 Å². The first-order valence-corrected chi connectivity index (χ1v) is 9.81. The molecule has 156 valence electrons. The molecule has 2 aromatic carbocycles. The van der Waals surface area contributed by atoms with Crippen molar-refractivity contribution in [1.82, 2.24) is 9.55 Å². The van der Waals surface area contributed by atoms with Gasteiger partial charge in [-0.1, -0.05) is 41.9 Å². The van der Waals surface area contributed by atoms with E-state index in [0.29, 0.717) is 27.2 Å². The third-order valence-corrected chi connectivity index (χ3v) is 5.29. The molecule has 0 radical (unpaired) electrons. The van der Waals surface area contributed by atoms with Gasteiger partial charge in [-0.3, -0.25) is 19.5 Å². The molecule has 0 aliphatic heterocycles. The van der Waals surface area contributed by atoms with Gasteiger partial charge in [0, 0.05) is 17.6 Å². The van der Waals surface area contributed by atoms with E-state index in [1.165, 1.54) is 12.3 Å². The molecule has 0 aliphatic carbocycles. The molecule has 0 aliphatic rings. The van der Waals surface area contributed by atoms with Crippen LogP contribution in [0.15, 0.2) is 71.7 Å². The minimum absolute atomic E-state index is 0.000410. The zero-order chi connectivity index (χ0) is 22.1. The highest BCUT2D eigenvalue weighted by molar-refractivity contribution is 6.35. The van der Waals surface area contributed by atoms with Crippen LogP contribution in [0.1, 0.15) is 18.7 Å². The Bertz CT molecular complexity index is 1350. The number of fused-ring (bicyclic) bond motifs is 1. The molecule has 3 N–H and O–H groups in total. The minimum Gasteiger partial charge on any atom is -0.393 e. The number of benzene rings is 2. The molecule has 0 spiro atoms. The summed E-state index contributed by atoms with van der Waals surface area (Å²) >= 11 is 6.33. The van der Waals surface area contributed by atoms with Crippen molar-refractivity contribution in [3.8, 4) is 5.69 Å². The van der Waals surface area contributed by atoms with E-state index < -0.39 is 11.0 Å². The Labute approximate surface area is 182 Å². The van der Waals surface area contributed by atoms with Gasteiger partial charge in [-0.15, -0.1) is 0 Å². The first-order chi connectivity index (χ1) is 14.9. The third kappa shape index (κ3) is 3.69. The van der Waals surface area contributed by atoms with Crippen LogP contribution in [0.4, 0.5) is 17.2 Å². The van der Waals surface area contributed by atoms with E-state index in [1.54, 1.807) is 29.7 Å². The summed E-state index contributed by atoms with van der Waals surface area (Å²) in [5.41, 5.74) is 6.42. The van der Waals surface area contributed by atoms with E-state index in [1.807, 2.05) is 36.4 Å². The van der Waals surface area contributed by atoms with E-state index in [2.05, 4.69) is 10.3 Å². The maximum atomic E-state index is 13.5. The van der Waals surface area contributed by atoms with Crippen LogP contribution in [-0.4, -0.2) is 14.5 Å². The lowest BCUT2D eigenvalue weighted by molar-refractivity contribution is -0.383. The Kier molecular flexibility index (Phi) is 5.31. The number of hydrogen-bond donors (Lipinski definition) is 2. The molecule has 1 atom stereocenters. The van der Waals surface area contributed by atoms with Crippen LogP contribution in [0.3, 0.4) is 0 Å². The first-order valence-electron chi connectivity index (χ1n) is 9.43. The third-order valence-electron chi connectivity index (χ3n) is 4.97. The van der Waals surface area contributed by atoms with E-state index in [4.69, 9.17) is 17.3 Å². The fourth-order valence-corrected chi connectivity index (χ4v) is 3.81. The van der Waals surface area contributed by atoms with Gasteiger partial charge in [0.05, 0.1) is 21.4 Å². The maximum Gasteiger partial charge on any atom is 0.334 e. The van der Waals surface area contributed by atoms with Gasteiger partial charge in [0.1, 0.15) is 5.69 Å². The smallest absolute Gasteiger partial charge is 0.334 e. The Balaban J connectivity index is 1.93. The number of nitrogens with one attached hydrogen (secondary N) is 1. The quantitative estimate of drug-likeness (QED) is 0.346. The summed E-state index contributed by atoms with van der Waals surface area (Å²) in [4.78, 5) is 28.5. The molecule has 9 heteroatoms. The summed E-state index contributed by atoms with van der Waals surface area (Å²) in [5, 5.41) is 16.0. The van der Waals surface area contributed by atoms with Crippen LogP contribution in [0, 0.1) is 10.1 Å².